The van der Waals surface area contributed by atoms with E-state index >= 15 is 0 Å². The zero-order valence-corrected chi connectivity index (χ0v) is 12.5. The van der Waals surface area contributed by atoms with Crippen LogP contribution in [0.4, 0.5) is 4.79 Å². The van der Waals surface area contributed by atoms with Crippen molar-refractivity contribution in [3.05, 3.63) is 0 Å². The molecule has 1 saturated heterocycles. The van der Waals surface area contributed by atoms with Crippen LogP contribution in [0, 0.1) is 0 Å². The minimum absolute atomic E-state index is 0.267. The maximum Gasteiger partial charge on any atom is 0.320 e. The van der Waals surface area contributed by atoms with E-state index in [1.165, 1.54) is 38.5 Å². The quantitative estimate of drug-likeness (QED) is 0.683. The monoisotopic (exact) mass is 254 g/mol. The summed E-state index contributed by atoms with van der Waals surface area (Å²) in [6.07, 6.45) is 8.47. The average Bonchev–Trinajstić information content (AvgIpc) is 2.62. The molecule has 0 radical (unpaired) electrons. The number of hydrogen-bond acceptors (Lipinski definition) is 1. The standard InChI is InChI=1S/C15H30N2O/c1-4-5-8-13-17(14(2)3)15(18)16-11-9-6-7-10-12-16/h14H,4-13H2,1-3H3. The van der Waals surface area contributed by atoms with Crippen LogP contribution in [-0.4, -0.2) is 41.5 Å². The Bertz CT molecular complexity index is 233. The van der Waals surface area contributed by atoms with Gasteiger partial charge in [0.1, 0.15) is 0 Å². The van der Waals surface area contributed by atoms with Gasteiger partial charge >= 0.3 is 6.03 Å². The van der Waals surface area contributed by atoms with E-state index in [9.17, 15) is 4.79 Å². The van der Waals surface area contributed by atoms with Gasteiger partial charge in [-0.05, 0) is 33.1 Å². The first kappa shape index (κ1) is 15.3. The molecule has 1 fully saturated rings. The normalized spacial score (nSPS) is 16.8. The summed E-state index contributed by atoms with van der Waals surface area (Å²) < 4.78 is 0. The van der Waals surface area contributed by atoms with Crippen LogP contribution in [-0.2, 0) is 0 Å². The van der Waals surface area contributed by atoms with E-state index in [0.717, 1.165) is 26.1 Å². The third kappa shape index (κ3) is 4.87. The maximum absolute atomic E-state index is 12.5. The lowest BCUT2D eigenvalue weighted by molar-refractivity contribution is 0.140. The summed E-state index contributed by atoms with van der Waals surface area (Å²) in [5.41, 5.74) is 0. The van der Waals surface area contributed by atoms with E-state index in [1.54, 1.807) is 0 Å². The van der Waals surface area contributed by atoms with Crippen LogP contribution in [0.15, 0.2) is 0 Å². The zero-order valence-electron chi connectivity index (χ0n) is 12.5. The number of carbonyl (C=O) groups excluding carboxylic acids is 1. The van der Waals surface area contributed by atoms with Crippen LogP contribution >= 0.6 is 0 Å². The summed E-state index contributed by atoms with van der Waals surface area (Å²) in [5, 5.41) is 0. The molecule has 1 aliphatic heterocycles. The van der Waals surface area contributed by atoms with Gasteiger partial charge in [0.2, 0.25) is 0 Å². The Morgan fingerprint density at radius 2 is 1.72 bits per heavy atom. The lowest BCUT2D eigenvalue weighted by Crippen LogP contribution is -2.47. The molecule has 0 saturated carbocycles. The second-order valence-corrected chi connectivity index (χ2v) is 5.68. The minimum atomic E-state index is 0.267. The number of urea groups is 1. The summed E-state index contributed by atoms with van der Waals surface area (Å²) >= 11 is 0. The van der Waals surface area contributed by atoms with Gasteiger partial charge in [0.15, 0.2) is 0 Å². The summed E-state index contributed by atoms with van der Waals surface area (Å²) in [6, 6.07) is 0.584. The van der Waals surface area contributed by atoms with Crippen LogP contribution in [0.1, 0.15) is 65.7 Å². The fourth-order valence-electron chi connectivity index (χ4n) is 2.55. The number of likely N-dealkylation sites (tertiary alicyclic amines) is 1. The summed E-state index contributed by atoms with van der Waals surface area (Å²) in [6.45, 7) is 9.28. The summed E-state index contributed by atoms with van der Waals surface area (Å²) in [7, 11) is 0. The van der Waals surface area contributed by atoms with Gasteiger partial charge in [-0.15, -0.1) is 0 Å². The Morgan fingerprint density at radius 3 is 2.22 bits per heavy atom. The summed E-state index contributed by atoms with van der Waals surface area (Å²) in [5.74, 6) is 0. The predicted octanol–water partition coefficient (Wildman–Crippen LogP) is 3.88. The molecule has 2 amide bonds. The van der Waals surface area contributed by atoms with Crippen molar-refractivity contribution < 1.29 is 4.79 Å². The Morgan fingerprint density at radius 1 is 1.11 bits per heavy atom. The van der Waals surface area contributed by atoms with Gasteiger partial charge in [-0.2, -0.15) is 0 Å². The topological polar surface area (TPSA) is 23.6 Å². The smallest absolute Gasteiger partial charge is 0.320 e. The van der Waals surface area contributed by atoms with E-state index in [4.69, 9.17) is 0 Å². The number of nitrogens with zero attached hydrogens (tertiary/aromatic N) is 2. The average molecular weight is 254 g/mol. The zero-order chi connectivity index (χ0) is 13.4. The minimum Gasteiger partial charge on any atom is -0.325 e. The predicted molar refractivity (Wildman–Crippen MR) is 76.8 cm³/mol. The molecule has 106 valence electrons. The lowest BCUT2D eigenvalue weighted by atomic mass is 10.2. The molecule has 18 heavy (non-hydrogen) atoms. The van der Waals surface area contributed by atoms with Gasteiger partial charge in [0.25, 0.3) is 0 Å². The SMILES string of the molecule is CCCCCN(C(=O)N1CCCCCC1)C(C)C. The lowest BCUT2D eigenvalue weighted by Gasteiger charge is -2.32. The molecule has 0 aliphatic carbocycles. The highest BCUT2D eigenvalue weighted by Crippen LogP contribution is 2.14. The van der Waals surface area contributed by atoms with Crippen LogP contribution in [0.2, 0.25) is 0 Å². The van der Waals surface area contributed by atoms with Gasteiger partial charge in [0.05, 0.1) is 0 Å². The van der Waals surface area contributed by atoms with E-state index in [1.807, 2.05) is 0 Å². The number of rotatable bonds is 5. The largest absolute Gasteiger partial charge is 0.325 e. The maximum atomic E-state index is 12.5. The van der Waals surface area contributed by atoms with Crippen LogP contribution in [0.25, 0.3) is 0 Å². The van der Waals surface area contributed by atoms with E-state index in [-0.39, 0.29) is 6.03 Å². The van der Waals surface area contributed by atoms with Crippen molar-refractivity contribution in [3.8, 4) is 0 Å². The highest BCUT2D eigenvalue weighted by molar-refractivity contribution is 5.74. The number of amides is 2. The summed E-state index contributed by atoms with van der Waals surface area (Å²) in [4.78, 5) is 16.7. The van der Waals surface area contributed by atoms with E-state index in [2.05, 4.69) is 30.6 Å². The highest BCUT2D eigenvalue weighted by Gasteiger charge is 2.23. The van der Waals surface area contributed by atoms with Crippen LogP contribution in [0.3, 0.4) is 0 Å². The third-order valence-electron chi connectivity index (χ3n) is 3.75. The van der Waals surface area contributed by atoms with E-state index in [0.29, 0.717) is 6.04 Å². The molecule has 0 unspecified atom stereocenters. The van der Waals surface area contributed by atoms with Crippen molar-refractivity contribution >= 4 is 6.03 Å². The molecule has 1 aliphatic rings. The molecule has 3 heteroatoms. The Balaban J connectivity index is 2.51. The molecular formula is C15H30N2O. The molecule has 0 bridgehead atoms. The first-order valence-electron chi connectivity index (χ1n) is 7.72. The molecule has 0 aromatic carbocycles. The van der Waals surface area contributed by atoms with Crippen molar-refractivity contribution in [3.63, 3.8) is 0 Å². The first-order chi connectivity index (χ1) is 8.66. The molecule has 0 atom stereocenters. The van der Waals surface area contributed by atoms with Gasteiger partial charge in [-0.1, -0.05) is 32.6 Å². The highest BCUT2D eigenvalue weighted by atomic mass is 16.2. The first-order valence-corrected chi connectivity index (χ1v) is 7.72. The van der Waals surface area contributed by atoms with Gasteiger partial charge < -0.3 is 9.80 Å². The molecule has 3 nitrogen and oxygen atoms in total. The fourth-order valence-corrected chi connectivity index (χ4v) is 2.55. The van der Waals surface area contributed by atoms with Gasteiger partial charge in [0, 0.05) is 25.7 Å². The Hall–Kier alpha value is -0.730. The van der Waals surface area contributed by atoms with Gasteiger partial charge in [-0.25, -0.2) is 4.79 Å². The number of unbranched alkanes of at least 4 members (excludes halogenated alkanes) is 2. The van der Waals surface area contributed by atoms with Crippen molar-refractivity contribution in [1.82, 2.24) is 9.80 Å². The second kappa shape index (κ2) is 8.39. The molecule has 1 heterocycles. The van der Waals surface area contributed by atoms with Crippen molar-refractivity contribution in [2.75, 3.05) is 19.6 Å². The number of carbonyl (C=O) groups is 1. The fraction of sp³-hybridized carbons (Fsp3) is 0.933. The van der Waals surface area contributed by atoms with Crippen molar-refractivity contribution in [2.45, 2.75) is 71.8 Å². The molecular weight excluding hydrogens is 224 g/mol. The second-order valence-electron chi connectivity index (χ2n) is 5.68. The molecule has 1 rings (SSSR count). The molecule has 0 N–H and O–H groups in total. The molecule has 0 aromatic heterocycles. The van der Waals surface area contributed by atoms with Crippen molar-refractivity contribution in [2.24, 2.45) is 0 Å². The van der Waals surface area contributed by atoms with E-state index < -0.39 is 0 Å². The molecule has 0 aromatic rings. The molecule has 0 spiro atoms. The van der Waals surface area contributed by atoms with Crippen molar-refractivity contribution in [1.29, 1.82) is 0 Å². The Kier molecular flexibility index (Phi) is 7.14. The van der Waals surface area contributed by atoms with Crippen LogP contribution in [0.5, 0.6) is 0 Å². The van der Waals surface area contributed by atoms with Crippen LogP contribution < -0.4 is 0 Å². The third-order valence-corrected chi connectivity index (χ3v) is 3.75. The Labute approximate surface area is 113 Å². The number of hydrogen-bond donors (Lipinski definition) is 0. The van der Waals surface area contributed by atoms with Gasteiger partial charge in [-0.3, -0.25) is 0 Å².